The number of aromatic carboxylic acids is 1. The number of nitrogens with two attached hydrogens (primary N) is 1. The van der Waals surface area contributed by atoms with Gasteiger partial charge in [0.25, 0.3) is 0 Å². The third kappa shape index (κ3) is 2.12. The van der Waals surface area contributed by atoms with E-state index in [4.69, 9.17) is 20.1 Å². The second-order valence-corrected chi connectivity index (χ2v) is 4.21. The number of hydrogen-bond acceptors (Lipinski definition) is 5. The van der Waals surface area contributed by atoms with Crippen molar-refractivity contribution in [3.05, 3.63) is 29.0 Å². The molecule has 0 spiro atoms. The maximum Gasteiger partial charge on any atom is 0.358 e. The molecule has 1 aromatic carbocycles. The van der Waals surface area contributed by atoms with E-state index in [-0.39, 0.29) is 11.6 Å². The van der Waals surface area contributed by atoms with E-state index < -0.39 is 5.97 Å². The topological polar surface area (TPSA) is 98.6 Å². The number of aromatic nitrogens is 1. The summed E-state index contributed by atoms with van der Waals surface area (Å²) in [4.78, 5) is 11.1. The van der Waals surface area contributed by atoms with Gasteiger partial charge in [0.05, 0.1) is 12.7 Å². The standard InChI is InChI=1S/C13H14N2O4/c1-6-5-9(18-3)7(2)4-8(6)10-11(13(16)17)15-19-12(10)14/h4-5H,14H2,1-3H3,(H,16,17). The molecule has 0 fully saturated rings. The number of aryl methyl sites for hydroxylation is 2. The monoisotopic (exact) mass is 262 g/mol. The fourth-order valence-corrected chi connectivity index (χ4v) is 1.99. The minimum absolute atomic E-state index is 0.00920. The molecule has 0 amide bonds. The lowest BCUT2D eigenvalue weighted by atomic mass is 9.97. The predicted molar refractivity (Wildman–Crippen MR) is 69.3 cm³/mol. The quantitative estimate of drug-likeness (QED) is 0.880. The number of hydrogen-bond donors (Lipinski definition) is 2. The highest BCUT2D eigenvalue weighted by Crippen LogP contribution is 2.35. The van der Waals surface area contributed by atoms with Gasteiger partial charge in [0.2, 0.25) is 11.6 Å². The molecule has 0 aliphatic rings. The summed E-state index contributed by atoms with van der Waals surface area (Å²) >= 11 is 0. The minimum atomic E-state index is -1.18. The Morgan fingerprint density at radius 2 is 2.05 bits per heavy atom. The van der Waals surface area contributed by atoms with Crippen LogP contribution in [0.1, 0.15) is 21.6 Å². The normalized spacial score (nSPS) is 10.5. The van der Waals surface area contributed by atoms with Gasteiger partial charge in [-0.3, -0.25) is 0 Å². The average Bonchev–Trinajstić information content (AvgIpc) is 2.73. The maximum absolute atomic E-state index is 11.1. The Morgan fingerprint density at radius 1 is 1.37 bits per heavy atom. The Labute approximate surface area is 109 Å². The van der Waals surface area contributed by atoms with E-state index in [1.807, 2.05) is 26.0 Å². The first-order valence-electron chi connectivity index (χ1n) is 5.59. The molecule has 1 aromatic heterocycles. The van der Waals surface area contributed by atoms with Crippen molar-refractivity contribution in [2.75, 3.05) is 12.8 Å². The molecule has 0 saturated heterocycles. The summed E-state index contributed by atoms with van der Waals surface area (Å²) in [5, 5.41) is 12.6. The van der Waals surface area contributed by atoms with Gasteiger partial charge in [0.1, 0.15) is 5.75 Å². The Balaban J connectivity index is 2.69. The lowest BCUT2D eigenvalue weighted by Crippen LogP contribution is -2.01. The number of nitrogen functional groups attached to an aromatic ring is 1. The van der Waals surface area contributed by atoms with Crippen LogP contribution in [-0.2, 0) is 0 Å². The number of rotatable bonds is 3. The van der Waals surface area contributed by atoms with Crippen molar-refractivity contribution >= 4 is 11.9 Å². The third-order valence-electron chi connectivity index (χ3n) is 2.93. The van der Waals surface area contributed by atoms with Gasteiger partial charge in [0, 0.05) is 0 Å². The van der Waals surface area contributed by atoms with Gasteiger partial charge in [-0.1, -0.05) is 5.16 Å². The highest BCUT2D eigenvalue weighted by Gasteiger charge is 2.23. The second-order valence-electron chi connectivity index (χ2n) is 4.21. The van der Waals surface area contributed by atoms with Crippen molar-refractivity contribution in [3.8, 4) is 16.9 Å². The molecule has 1 heterocycles. The van der Waals surface area contributed by atoms with Crippen molar-refractivity contribution < 1.29 is 19.2 Å². The van der Waals surface area contributed by atoms with Gasteiger partial charge in [-0.05, 0) is 42.7 Å². The van der Waals surface area contributed by atoms with Crippen molar-refractivity contribution in [2.24, 2.45) is 0 Å². The predicted octanol–water partition coefficient (Wildman–Crippen LogP) is 2.25. The van der Waals surface area contributed by atoms with Crippen molar-refractivity contribution in [2.45, 2.75) is 13.8 Å². The highest BCUT2D eigenvalue weighted by molar-refractivity contribution is 5.97. The molecule has 100 valence electrons. The van der Waals surface area contributed by atoms with Crippen molar-refractivity contribution in [3.63, 3.8) is 0 Å². The number of carbonyl (C=O) groups is 1. The Morgan fingerprint density at radius 3 is 2.63 bits per heavy atom. The molecule has 0 radical (unpaired) electrons. The fraction of sp³-hybridized carbons (Fsp3) is 0.231. The number of carboxylic acid groups (broad SMARTS) is 1. The SMILES string of the molecule is COc1cc(C)c(-c2c(C(=O)O)noc2N)cc1C. The molecular formula is C13H14N2O4. The van der Waals surface area contributed by atoms with E-state index in [0.717, 1.165) is 16.9 Å². The molecule has 0 aliphatic carbocycles. The first kappa shape index (κ1) is 12.9. The molecular weight excluding hydrogens is 248 g/mol. The Kier molecular flexibility index (Phi) is 3.16. The van der Waals surface area contributed by atoms with Gasteiger partial charge in [-0.25, -0.2) is 4.79 Å². The van der Waals surface area contributed by atoms with E-state index in [2.05, 4.69) is 5.16 Å². The molecule has 3 N–H and O–H groups in total. The molecule has 0 saturated carbocycles. The Hall–Kier alpha value is -2.50. The van der Waals surface area contributed by atoms with Crippen LogP contribution < -0.4 is 10.5 Å². The molecule has 2 aromatic rings. The third-order valence-corrected chi connectivity index (χ3v) is 2.93. The second kappa shape index (κ2) is 4.64. The van der Waals surface area contributed by atoms with Crippen LogP contribution in [0.5, 0.6) is 5.75 Å². The summed E-state index contributed by atoms with van der Waals surface area (Å²) in [5.41, 5.74) is 8.17. The first-order chi connectivity index (χ1) is 8.95. The average molecular weight is 262 g/mol. The number of nitrogens with zero attached hydrogens (tertiary/aromatic N) is 1. The van der Waals surface area contributed by atoms with Crippen LogP contribution in [0.3, 0.4) is 0 Å². The highest BCUT2D eigenvalue weighted by atomic mass is 16.5. The van der Waals surface area contributed by atoms with E-state index >= 15 is 0 Å². The van der Waals surface area contributed by atoms with E-state index in [0.29, 0.717) is 11.1 Å². The van der Waals surface area contributed by atoms with Gasteiger partial charge < -0.3 is 20.1 Å². The van der Waals surface area contributed by atoms with Gasteiger partial charge in [0.15, 0.2) is 0 Å². The van der Waals surface area contributed by atoms with Crippen LogP contribution in [-0.4, -0.2) is 23.3 Å². The molecule has 6 heteroatoms. The molecule has 0 bridgehead atoms. The first-order valence-corrected chi connectivity index (χ1v) is 5.59. The summed E-state index contributed by atoms with van der Waals surface area (Å²) in [6.07, 6.45) is 0. The number of ether oxygens (including phenoxy) is 1. The van der Waals surface area contributed by atoms with Gasteiger partial charge >= 0.3 is 5.97 Å². The summed E-state index contributed by atoms with van der Waals surface area (Å²) in [6.45, 7) is 3.71. The van der Waals surface area contributed by atoms with E-state index in [1.165, 1.54) is 0 Å². The minimum Gasteiger partial charge on any atom is -0.496 e. The van der Waals surface area contributed by atoms with Crippen LogP contribution in [0.4, 0.5) is 5.88 Å². The van der Waals surface area contributed by atoms with Crippen molar-refractivity contribution in [1.29, 1.82) is 0 Å². The molecule has 0 unspecified atom stereocenters. The van der Waals surface area contributed by atoms with Crippen LogP contribution in [0.15, 0.2) is 16.7 Å². The van der Waals surface area contributed by atoms with Crippen LogP contribution in [0.2, 0.25) is 0 Å². The molecule has 19 heavy (non-hydrogen) atoms. The molecule has 6 nitrogen and oxygen atoms in total. The van der Waals surface area contributed by atoms with Crippen molar-refractivity contribution in [1.82, 2.24) is 5.16 Å². The summed E-state index contributed by atoms with van der Waals surface area (Å²) in [7, 11) is 1.58. The number of anilines is 1. The molecule has 0 aliphatic heterocycles. The lowest BCUT2D eigenvalue weighted by molar-refractivity contribution is 0.0686. The van der Waals surface area contributed by atoms with Gasteiger partial charge in [-0.2, -0.15) is 0 Å². The number of methoxy groups -OCH3 is 1. The number of carboxylic acids is 1. The summed E-state index contributed by atoms with van der Waals surface area (Å²) < 4.78 is 10.00. The van der Waals surface area contributed by atoms with Crippen LogP contribution >= 0.6 is 0 Å². The lowest BCUT2D eigenvalue weighted by Gasteiger charge is -2.10. The zero-order chi connectivity index (χ0) is 14.2. The summed E-state index contributed by atoms with van der Waals surface area (Å²) in [5.74, 6) is -0.457. The molecule has 0 atom stereocenters. The maximum atomic E-state index is 11.1. The summed E-state index contributed by atoms with van der Waals surface area (Å²) in [6, 6.07) is 3.63. The van der Waals surface area contributed by atoms with E-state index in [9.17, 15) is 4.79 Å². The van der Waals surface area contributed by atoms with Crippen LogP contribution in [0, 0.1) is 13.8 Å². The largest absolute Gasteiger partial charge is 0.496 e. The van der Waals surface area contributed by atoms with Crippen LogP contribution in [0.25, 0.3) is 11.1 Å². The molecule has 2 rings (SSSR count). The smallest absolute Gasteiger partial charge is 0.358 e. The number of benzene rings is 1. The zero-order valence-corrected chi connectivity index (χ0v) is 10.9. The van der Waals surface area contributed by atoms with Gasteiger partial charge in [-0.15, -0.1) is 0 Å². The fourth-order valence-electron chi connectivity index (χ4n) is 1.99. The van der Waals surface area contributed by atoms with E-state index in [1.54, 1.807) is 7.11 Å². The zero-order valence-electron chi connectivity index (χ0n) is 10.9. The Bertz CT molecular complexity index is 646.